The van der Waals surface area contributed by atoms with Gasteiger partial charge in [0.05, 0.1) is 0 Å². The summed E-state index contributed by atoms with van der Waals surface area (Å²) in [5.41, 5.74) is 1.83. The molecule has 1 fully saturated rings. The summed E-state index contributed by atoms with van der Waals surface area (Å²) in [6.07, 6.45) is 6.24. The van der Waals surface area contributed by atoms with Gasteiger partial charge in [0.2, 0.25) is 0 Å². The molecule has 0 saturated heterocycles. The lowest BCUT2D eigenvalue weighted by atomic mass is 9.61. The van der Waals surface area contributed by atoms with Gasteiger partial charge in [-0.15, -0.1) is 0 Å². The molecule has 0 aliphatic heterocycles. The van der Waals surface area contributed by atoms with E-state index in [0.29, 0.717) is 23.3 Å². The van der Waals surface area contributed by atoms with Gasteiger partial charge < -0.3 is 5.11 Å². The Bertz CT molecular complexity index is 367. The maximum atomic E-state index is 11.1. The smallest absolute Gasteiger partial charge is 0.331 e. The van der Waals surface area contributed by atoms with Gasteiger partial charge in [-0.25, -0.2) is 4.79 Å². The number of hydrogen-bond donors (Lipinski definition) is 1. The summed E-state index contributed by atoms with van der Waals surface area (Å²) in [5, 5.41) is 9.13. The molecule has 1 N–H and O–H groups in total. The molecule has 0 radical (unpaired) electrons. The van der Waals surface area contributed by atoms with Crippen molar-refractivity contribution in [2.75, 3.05) is 0 Å². The van der Waals surface area contributed by atoms with Crippen molar-refractivity contribution in [3.63, 3.8) is 0 Å². The zero-order valence-corrected chi connectivity index (χ0v) is 10.8. The van der Waals surface area contributed by atoms with Crippen LogP contribution >= 0.6 is 0 Å². The Kier molecular flexibility index (Phi) is 3.41. The molecule has 4 atom stereocenters. The molecule has 2 aliphatic rings. The molecular formula is C15H22O2. The van der Waals surface area contributed by atoms with E-state index in [4.69, 9.17) is 5.11 Å². The molecular weight excluding hydrogens is 212 g/mol. The molecule has 2 heteroatoms. The first-order valence-corrected chi connectivity index (χ1v) is 6.60. The SMILES string of the molecule is C=C(C)C1CCC(C)C2CCC(C(=O)O)=CC12. The van der Waals surface area contributed by atoms with Gasteiger partial charge in [0.15, 0.2) is 0 Å². The lowest BCUT2D eigenvalue weighted by molar-refractivity contribution is -0.133. The summed E-state index contributed by atoms with van der Waals surface area (Å²) < 4.78 is 0. The number of allylic oxidation sites excluding steroid dienone is 2. The van der Waals surface area contributed by atoms with Gasteiger partial charge in [-0.1, -0.05) is 25.2 Å². The molecule has 17 heavy (non-hydrogen) atoms. The number of carboxylic acid groups (broad SMARTS) is 1. The second-order valence-corrected chi connectivity index (χ2v) is 5.78. The van der Waals surface area contributed by atoms with Crippen molar-refractivity contribution in [1.82, 2.24) is 0 Å². The highest BCUT2D eigenvalue weighted by Crippen LogP contribution is 2.47. The Balaban J connectivity index is 2.28. The van der Waals surface area contributed by atoms with E-state index in [1.807, 2.05) is 6.08 Å². The van der Waals surface area contributed by atoms with Gasteiger partial charge in [0.25, 0.3) is 0 Å². The first kappa shape index (κ1) is 12.4. The van der Waals surface area contributed by atoms with Crippen LogP contribution in [0.25, 0.3) is 0 Å². The van der Waals surface area contributed by atoms with Crippen molar-refractivity contribution < 1.29 is 9.90 Å². The van der Waals surface area contributed by atoms with E-state index in [0.717, 1.165) is 18.8 Å². The third-order valence-electron chi connectivity index (χ3n) is 4.67. The third kappa shape index (κ3) is 2.31. The predicted molar refractivity (Wildman–Crippen MR) is 68.6 cm³/mol. The molecule has 0 aromatic rings. The fourth-order valence-electron chi connectivity index (χ4n) is 3.63. The Morgan fingerprint density at radius 2 is 2.12 bits per heavy atom. The van der Waals surface area contributed by atoms with Crippen LogP contribution < -0.4 is 0 Å². The average Bonchev–Trinajstić information content (AvgIpc) is 2.28. The Morgan fingerprint density at radius 3 is 2.71 bits per heavy atom. The zero-order chi connectivity index (χ0) is 12.6. The number of fused-ring (bicyclic) bond motifs is 1. The van der Waals surface area contributed by atoms with E-state index in [1.54, 1.807) is 0 Å². The molecule has 94 valence electrons. The van der Waals surface area contributed by atoms with Crippen LogP contribution in [0.5, 0.6) is 0 Å². The fraction of sp³-hybridized carbons (Fsp3) is 0.667. The summed E-state index contributed by atoms with van der Waals surface area (Å²) in [5.74, 6) is 1.56. The maximum absolute atomic E-state index is 11.1. The number of aliphatic carboxylic acids is 1. The minimum atomic E-state index is -0.734. The van der Waals surface area contributed by atoms with Crippen LogP contribution in [-0.4, -0.2) is 11.1 Å². The van der Waals surface area contributed by atoms with Crippen molar-refractivity contribution in [2.24, 2.45) is 23.7 Å². The summed E-state index contributed by atoms with van der Waals surface area (Å²) in [6, 6.07) is 0. The first-order valence-electron chi connectivity index (χ1n) is 6.60. The molecule has 1 saturated carbocycles. The van der Waals surface area contributed by atoms with E-state index >= 15 is 0 Å². The summed E-state index contributed by atoms with van der Waals surface area (Å²) in [7, 11) is 0. The Labute approximate surface area is 103 Å². The summed E-state index contributed by atoms with van der Waals surface area (Å²) in [6.45, 7) is 8.48. The summed E-state index contributed by atoms with van der Waals surface area (Å²) >= 11 is 0. The van der Waals surface area contributed by atoms with E-state index in [1.165, 1.54) is 18.4 Å². The molecule has 0 amide bonds. The molecule has 4 unspecified atom stereocenters. The van der Waals surface area contributed by atoms with E-state index in [-0.39, 0.29) is 0 Å². The minimum Gasteiger partial charge on any atom is -0.478 e. The van der Waals surface area contributed by atoms with Gasteiger partial charge in [-0.2, -0.15) is 0 Å². The monoisotopic (exact) mass is 234 g/mol. The maximum Gasteiger partial charge on any atom is 0.331 e. The molecule has 0 heterocycles. The molecule has 2 nitrogen and oxygen atoms in total. The van der Waals surface area contributed by atoms with Crippen LogP contribution in [-0.2, 0) is 4.79 Å². The van der Waals surface area contributed by atoms with E-state index in [9.17, 15) is 4.79 Å². The number of carboxylic acids is 1. The predicted octanol–water partition coefficient (Wildman–Crippen LogP) is 3.65. The quantitative estimate of drug-likeness (QED) is 0.740. The van der Waals surface area contributed by atoms with Crippen molar-refractivity contribution in [3.8, 4) is 0 Å². The minimum absolute atomic E-state index is 0.413. The van der Waals surface area contributed by atoms with Crippen molar-refractivity contribution in [1.29, 1.82) is 0 Å². The van der Waals surface area contributed by atoms with Crippen LogP contribution in [0.15, 0.2) is 23.8 Å². The van der Waals surface area contributed by atoms with Crippen LogP contribution in [0.1, 0.15) is 39.5 Å². The van der Waals surface area contributed by atoms with Gasteiger partial charge in [-0.05, 0) is 56.3 Å². The first-order chi connectivity index (χ1) is 8.00. The molecule has 2 aliphatic carbocycles. The average molecular weight is 234 g/mol. The van der Waals surface area contributed by atoms with Gasteiger partial charge in [-0.3, -0.25) is 0 Å². The topological polar surface area (TPSA) is 37.3 Å². The Hall–Kier alpha value is -1.05. The highest BCUT2D eigenvalue weighted by molar-refractivity contribution is 5.86. The van der Waals surface area contributed by atoms with Gasteiger partial charge >= 0.3 is 5.97 Å². The Morgan fingerprint density at radius 1 is 1.41 bits per heavy atom. The van der Waals surface area contributed by atoms with E-state index in [2.05, 4.69) is 20.4 Å². The second kappa shape index (κ2) is 4.67. The van der Waals surface area contributed by atoms with Gasteiger partial charge in [0, 0.05) is 5.57 Å². The lowest BCUT2D eigenvalue weighted by Gasteiger charge is -2.43. The molecule has 0 spiro atoms. The highest BCUT2D eigenvalue weighted by atomic mass is 16.4. The number of hydrogen-bond acceptors (Lipinski definition) is 1. The van der Waals surface area contributed by atoms with E-state index < -0.39 is 5.97 Å². The van der Waals surface area contributed by atoms with Crippen LogP contribution in [0.4, 0.5) is 0 Å². The van der Waals surface area contributed by atoms with Crippen molar-refractivity contribution >= 4 is 5.97 Å². The second-order valence-electron chi connectivity index (χ2n) is 5.78. The normalized spacial score (nSPS) is 36.9. The lowest BCUT2D eigenvalue weighted by Crippen LogP contribution is -2.35. The molecule has 0 bridgehead atoms. The van der Waals surface area contributed by atoms with Gasteiger partial charge in [0.1, 0.15) is 0 Å². The van der Waals surface area contributed by atoms with Crippen molar-refractivity contribution in [2.45, 2.75) is 39.5 Å². The fourth-order valence-corrected chi connectivity index (χ4v) is 3.63. The highest BCUT2D eigenvalue weighted by Gasteiger charge is 2.39. The largest absolute Gasteiger partial charge is 0.478 e. The zero-order valence-electron chi connectivity index (χ0n) is 10.8. The standard InChI is InChI=1S/C15H22O2/c1-9(2)12-6-4-10(3)13-7-5-11(15(16)17)8-14(12)13/h8,10,12-14H,1,4-7H2,2-3H3,(H,16,17). The summed E-state index contributed by atoms with van der Waals surface area (Å²) in [4.78, 5) is 11.1. The molecule has 0 aromatic carbocycles. The van der Waals surface area contributed by atoms with Crippen LogP contribution in [0, 0.1) is 23.7 Å². The molecule has 2 rings (SSSR count). The molecule has 0 aromatic heterocycles. The number of carbonyl (C=O) groups is 1. The number of rotatable bonds is 2. The van der Waals surface area contributed by atoms with Crippen LogP contribution in [0.2, 0.25) is 0 Å². The third-order valence-corrected chi connectivity index (χ3v) is 4.67. The van der Waals surface area contributed by atoms with Crippen molar-refractivity contribution in [3.05, 3.63) is 23.8 Å². The van der Waals surface area contributed by atoms with Crippen LogP contribution in [0.3, 0.4) is 0 Å².